The van der Waals surface area contributed by atoms with E-state index in [4.69, 9.17) is 9.84 Å². The number of aryl methyl sites for hydroxylation is 1. The van der Waals surface area contributed by atoms with Crippen LogP contribution in [0, 0.1) is 6.92 Å². The topological polar surface area (TPSA) is 59.4 Å². The third-order valence-corrected chi connectivity index (χ3v) is 5.85. The van der Waals surface area contributed by atoms with Crippen LogP contribution in [0.25, 0.3) is 0 Å². The molecule has 6 heteroatoms. The Morgan fingerprint density at radius 1 is 1.52 bits per heavy atom. The lowest BCUT2D eigenvalue weighted by Gasteiger charge is -2.06. The number of fused-ring (bicyclic) bond motifs is 1. The van der Waals surface area contributed by atoms with Crippen LogP contribution in [0.4, 0.5) is 0 Å². The van der Waals surface area contributed by atoms with E-state index in [0.717, 1.165) is 26.4 Å². The lowest BCUT2D eigenvalue weighted by molar-refractivity contribution is -0.136. The molecular formula is C15H15NO3S2. The van der Waals surface area contributed by atoms with Crippen LogP contribution in [0.5, 0.6) is 5.75 Å². The number of carbonyl (C=O) groups is 1. The molecule has 0 aliphatic carbocycles. The molecule has 3 rings (SSSR count). The molecule has 0 radical (unpaired) electrons. The van der Waals surface area contributed by atoms with E-state index in [0.29, 0.717) is 12.5 Å². The third-order valence-electron chi connectivity index (χ3n) is 3.39. The molecule has 4 nitrogen and oxygen atoms in total. The predicted octanol–water partition coefficient (Wildman–Crippen LogP) is 3.35. The van der Waals surface area contributed by atoms with Crippen molar-refractivity contribution >= 4 is 29.1 Å². The number of thioether (sulfide) groups is 1. The molecule has 1 atom stereocenters. The number of thiazole rings is 1. The fraction of sp³-hybridized carbons (Fsp3) is 0.333. The van der Waals surface area contributed by atoms with E-state index < -0.39 is 5.97 Å². The number of benzene rings is 1. The van der Waals surface area contributed by atoms with Crippen molar-refractivity contribution in [2.24, 2.45) is 0 Å². The standard InChI is InChI=1S/C15H15NO3S2/c1-9-13(6-14(17)18)21-15(16-9)20-8-10-7-19-12-5-3-2-4-11(10)12/h2-5,10H,6-8H2,1H3,(H,17,18). The molecule has 110 valence electrons. The summed E-state index contributed by atoms with van der Waals surface area (Å²) in [6, 6.07) is 8.12. The molecule has 1 N–H and O–H groups in total. The number of nitrogens with zero attached hydrogens (tertiary/aromatic N) is 1. The van der Waals surface area contributed by atoms with Gasteiger partial charge < -0.3 is 9.84 Å². The third kappa shape index (κ3) is 3.22. The highest BCUT2D eigenvalue weighted by atomic mass is 32.2. The lowest BCUT2D eigenvalue weighted by atomic mass is 10.0. The Hall–Kier alpha value is -1.53. The van der Waals surface area contributed by atoms with Gasteiger partial charge in [0.2, 0.25) is 0 Å². The van der Waals surface area contributed by atoms with Crippen LogP contribution in [0.1, 0.15) is 22.1 Å². The molecule has 0 saturated carbocycles. The largest absolute Gasteiger partial charge is 0.493 e. The van der Waals surface area contributed by atoms with Crippen molar-refractivity contribution in [3.05, 3.63) is 40.4 Å². The number of rotatable bonds is 5. The Bertz CT molecular complexity index is 669. The Kier molecular flexibility index (Phi) is 4.17. The first-order chi connectivity index (χ1) is 10.1. The zero-order chi connectivity index (χ0) is 14.8. The maximum Gasteiger partial charge on any atom is 0.308 e. The number of ether oxygens (including phenoxy) is 1. The first-order valence-electron chi connectivity index (χ1n) is 6.66. The molecule has 0 fully saturated rings. The van der Waals surface area contributed by atoms with Crippen LogP contribution >= 0.6 is 23.1 Å². The molecule has 0 bridgehead atoms. The minimum absolute atomic E-state index is 0.0550. The Balaban J connectivity index is 1.65. The first kappa shape index (κ1) is 14.4. The van der Waals surface area contributed by atoms with Crippen molar-refractivity contribution in [1.29, 1.82) is 0 Å². The van der Waals surface area contributed by atoms with Crippen molar-refractivity contribution < 1.29 is 14.6 Å². The van der Waals surface area contributed by atoms with Gasteiger partial charge in [0.15, 0.2) is 0 Å². The second kappa shape index (κ2) is 6.07. The highest BCUT2D eigenvalue weighted by Gasteiger charge is 2.24. The van der Waals surface area contributed by atoms with E-state index in [1.54, 1.807) is 11.8 Å². The Labute approximate surface area is 131 Å². The second-order valence-electron chi connectivity index (χ2n) is 4.92. The molecule has 1 aromatic heterocycles. The van der Waals surface area contributed by atoms with E-state index in [2.05, 4.69) is 11.1 Å². The van der Waals surface area contributed by atoms with Gasteiger partial charge in [-0.05, 0) is 13.0 Å². The molecule has 2 aromatic rings. The SMILES string of the molecule is Cc1nc(SCC2COc3ccccc32)sc1CC(=O)O. The van der Waals surface area contributed by atoms with Gasteiger partial charge in [0.25, 0.3) is 0 Å². The summed E-state index contributed by atoms with van der Waals surface area (Å²) in [6.45, 7) is 2.57. The number of hydrogen-bond acceptors (Lipinski definition) is 5. The summed E-state index contributed by atoms with van der Waals surface area (Å²) in [7, 11) is 0. The van der Waals surface area contributed by atoms with Crippen LogP contribution in [-0.4, -0.2) is 28.4 Å². The van der Waals surface area contributed by atoms with Crippen molar-refractivity contribution in [3.63, 3.8) is 0 Å². The average Bonchev–Trinajstić information content (AvgIpc) is 3.00. The summed E-state index contributed by atoms with van der Waals surface area (Å²) < 4.78 is 6.61. The van der Waals surface area contributed by atoms with E-state index in [1.165, 1.54) is 16.9 Å². The van der Waals surface area contributed by atoms with Gasteiger partial charge in [0.05, 0.1) is 18.7 Å². The van der Waals surface area contributed by atoms with Crippen molar-refractivity contribution in [2.75, 3.05) is 12.4 Å². The van der Waals surface area contributed by atoms with E-state index in [9.17, 15) is 4.79 Å². The van der Waals surface area contributed by atoms with E-state index in [1.807, 2.05) is 25.1 Å². The van der Waals surface area contributed by atoms with Crippen molar-refractivity contribution in [2.45, 2.75) is 23.6 Å². The second-order valence-corrected chi connectivity index (χ2v) is 7.27. The zero-order valence-electron chi connectivity index (χ0n) is 11.5. The zero-order valence-corrected chi connectivity index (χ0v) is 13.2. The Morgan fingerprint density at radius 2 is 2.33 bits per heavy atom. The number of hydrogen-bond donors (Lipinski definition) is 1. The summed E-state index contributed by atoms with van der Waals surface area (Å²) in [5.74, 6) is 1.44. The number of aliphatic carboxylic acids is 1. The minimum Gasteiger partial charge on any atom is -0.493 e. The molecule has 21 heavy (non-hydrogen) atoms. The van der Waals surface area contributed by atoms with Crippen LogP contribution < -0.4 is 4.74 Å². The fourth-order valence-corrected chi connectivity index (χ4v) is 4.65. The van der Waals surface area contributed by atoms with Gasteiger partial charge in [-0.25, -0.2) is 4.98 Å². The highest BCUT2D eigenvalue weighted by Crippen LogP contribution is 2.38. The number of aromatic nitrogens is 1. The smallest absolute Gasteiger partial charge is 0.308 e. The predicted molar refractivity (Wildman–Crippen MR) is 83.6 cm³/mol. The Morgan fingerprint density at radius 3 is 3.14 bits per heavy atom. The van der Waals surface area contributed by atoms with Gasteiger partial charge in [0.1, 0.15) is 10.1 Å². The quantitative estimate of drug-likeness (QED) is 0.856. The maximum absolute atomic E-state index is 10.8. The van der Waals surface area contributed by atoms with Gasteiger partial charge in [-0.3, -0.25) is 4.79 Å². The minimum atomic E-state index is -0.809. The molecule has 2 heterocycles. The van der Waals surface area contributed by atoms with E-state index in [-0.39, 0.29) is 6.42 Å². The fourth-order valence-electron chi connectivity index (χ4n) is 2.30. The normalized spacial score (nSPS) is 16.5. The van der Waals surface area contributed by atoms with Crippen molar-refractivity contribution in [1.82, 2.24) is 4.98 Å². The summed E-state index contributed by atoms with van der Waals surface area (Å²) in [5, 5.41) is 8.87. The van der Waals surface area contributed by atoms with Crippen molar-refractivity contribution in [3.8, 4) is 5.75 Å². The molecule has 1 aliphatic heterocycles. The molecule has 1 aromatic carbocycles. The molecule has 1 aliphatic rings. The number of carboxylic acids is 1. The average molecular weight is 321 g/mol. The molecule has 1 unspecified atom stereocenters. The van der Waals surface area contributed by atoms with Gasteiger partial charge in [-0.1, -0.05) is 30.0 Å². The van der Waals surface area contributed by atoms with Crippen LogP contribution in [0.15, 0.2) is 28.6 Å². The lowest BCUT2D eigenvalue weighted by Crippen LogP contribution is -2.03. The van der Waals surface area contributed by atoms with Gasteiger partial charge in [-0.2, -0.15) is 0 Å². The van der Waals surface area contributed by atoms with Gasteiger partial charge in [-0.15, -0.1) is 11.3 Å². The highest BCUT2D eigenvalue weighted by molar-refractivity contribution is 8.01. The summed E-state index contributed by atoms with van der Waals surface area (Å²) >= 11 is 3.16. The maximum atomic E-state index is 10.8. The molecule has 0 saturated heterocycles. The van der Waals surface area contributed by atoms with E-state index >= 15 is 0 Å². The van der Waals surface area contributed by atoms with Gasteiger partial charge >= 0.3 is 5.97 Å². The first-order valence-corrected chi connectivity index (χ1v) is 8.46. The molecule has 0 amide bonds. The van der Waals surface area contributed by atoms with Crippen LogP contribution in [-0.2, 0) is 11.2 Å². The van der Waals surface area contributed by atoms with Crippen LogP contribution in [0.3, 0.4) is 0 Å². The molecular weight excluding hydrogens is 306 g/mol. The monoisotopic (exact) mass is 321 g/mol. The van der Waals surface area contributed by atoms with Crippen LogP contribution in [0.2, 0.25) is 0 Å². The summed E-state index contributed by atoms with van der Waals surface area (Å²) in [4.78, 5) is 16.1. The number of carboxylic acid groups (broad SMARTS) is 1. The summed E-state index contributed by atoms with van der Waals surface area (Å²) in [6.07, 6.45) is 0.0550. The molecule has 0 spiro atoms. The van der Waals surface area contributed by atoms with Gasteiger partial charge in [0, 0.05) is 22.1 Å². The summed E-state index contributed by atoms with van der Waals surface area (Å²) in [5.41, 5.74) is 2.08. The number of para-hydroxylation sites is 1.